The number of likely N-dealkylation sites (N-methyl/N-ethyl adjacent to an activating group) is 1. The molecule has 1 aliphatic rings. The second-order valence-electron chi connectivity index (χ2n) is 4.75. The van der Waals surface area contributed by atoms with Crippen molar-refractivity contribution in [1.82, 2.24) is 9.80 Å². The number of hydrogen-bond donors (Lipinski definition) is 0. The largest absolute Gasteiger partial charge is 0.491 e. The molecule has 1 heterocycles. The Hall–Kier alpha value is -1.28. The second-order valence-corrected chi connectivity index (χ2v) is 5.18. The van der Waals surface area contributed by atoms with E-state index in [1.54, 1.807) is 18.2 Å². The summed E-state index contributed by atoms with van der Waals surface area (Å²) in [6.45, 7) is 5.80. The lowest BCUT2D eigenvalue weighted by atomic mass is 10.2. The molecule has 0 N–H and O–H groups in total. The summed E-state index contributed by atoms with van der Waals surface area (Å²) in [4.78, 5) is 4.69. The maximum Gasteiger partial charge on any atom is 0.138 e. The molecule has 19 heavy (non-hydrogen) atoms. The standard InChI is InChI=1S/C14H18ClN3O/c1-17-4-6-18(7-5-17)8-9-19-14-10-13(15)3-2-12(14)11-16/h2-3,10H,4-9H2,1H3. The summed E-state index contributed by atoms with van der Waals surface area (Å²) in [7, 11) is 2.14. The lowest BCUT2D eigenvalue weighted by Gasteiger charge is -2.32. The van der Waals surface area contributed by atoms with E-state index in [4.69, 9.17) is 21.6 Å². The molecule has 0 unspecified atom stereocenters. The number of rotatable bonds is 4. The fraction of sp³-hybridized carbons (Fsp3) is 0.500. The molecule has 0 bridgehead atoms. The average Bonchev–Trinajstić information content (AvgIpc) is 2.41. The molecular weight excluding hydrogens is 262 g/mol. The van der Waals surface area contributed by atoms with Crippen molar-refractivity contribution in [2.45, 2.75) is 0 Å². The number of ether oxygens (including phenoxy) is 1. The van der Waals surface area contributed by atoms with E-state index in [9.17, 15) is 0 Å². The second kappa shape index (κ2) is 6.76. The van der Waals surface area contributed by atoms with E-state index < -0.39 is 0 Å². The van der Waals surface area contributed by atoms with Crippen molar-refractivity contribution < 1.29 is 4.74 Å². The highest BCUT2D eigenvalue weighted by molar-refractivity contribution is 6.30. The van der Waals surface area contributed by atoms with Crippen molar-refractivity contribution >= 4 is 11.6 Å². The Bertz CT molecular complexity index is 464. The number of halogens is 1. The molecular formula is C14H18ClN3O. The third-order valence-corrected chi connectivity index (χ3v) is 3.56. The third kappa shape index (κ3) is 4.10. The van der Waals surface area contributed by atoms with Gasteiger partial charge >= 0.3 is 0 Å². The quantitative estimate of drug-likeness (QED) is 0.843. The first-order valence-corrected chi connectivity index (χ1v) is 6.80. The number of nitriles is 1. The van der Waals surface area contributed by atoms with E-state index in [-0.39, 0.29) is 0 Å². The van der Waals surface area contributed by atoms with Gasteiger partial charge in [-0.05, 0) is 19.2 Å². The lowest BCUT2D eigenvalue weighted by Crippen LogP contribution is -2.45. The highest BCUT2D eigenvalue weighted by Gasteiger charge is 2.13. The van der Waals surface area contributed by atoms with Gasteiger partial charge in [0.2, 0.25) is 0 Å². The van der Waals surface area contributed by atoms with Gasteiger partial charge in [-0.15, -0.1) is 0 Å². The summed E-state index contributed by atoms with van der Waals surface area (Å²) < 4.78 is 5.68. The molecule has 0 spiro atoms. The van der Waals surface area contributed by atoms with Crippen LogP contribution >= 0.6 is 11.6 Å². The van der Waals surface area contributed by atoms with Crippen molar-refractivity contribution in [1.29, 1.82) is 5.26 Å². The van der Waals surface area contributed by atoms with Gasteiger partial charge in [-0.1, -0.05) is 11.6 Å². The molecule has 5 heteroatoms. The summed E-state index contributed by atoms with van der Waals surface area (Å²) in [6, 6.07) is 7.20. The van der Waals surface area contributed by atoms with Crippen molar-refractivity contribution in [3.8, 4) is 11.8 Å². The van der Waals surface area contributed by atoms with Crippen LogP contribution < -0.4 is 4.74 Å². The van der Waals surface area contributed by atoms with Crippen LogP contribution in [0.4, 0.5) is 0 Å². The maximum atomic E-state index is 9.00. The molecule has 102 valence electrons. The van der Waals surface area contributed by atoms with Crippen LogP contribution in [0.1, 0.15) is 5.56 Å². The summed E-state index contributed by atoms with van der Waals surface area (Å²) in [5.41, 5.74) is 0.530. The van der Waals surface area contributed by atoms with Crippen molar-refractivity contribution in [3.05, 3.63) is 28.8 Å². The predicted molar refractivity (Wildman–Crippen MR) is 75.6 cm³/mol. The molecule has 0 saturated carbocycles. The Kier molecular flexibility index (Phi) is 5.03. The third-order valence-electron chi connectivity index (χ3n) is 3.33. The number of benzene rings is 1. The zero-order valence-electron chi connectivity index (χ0n) is 11.1. The number of hydrogen-bond acceptors (Lipinski definition) is 4. The molecule has 1 aromatic rings. The van der Waals surface area contributed by atoms with Gasteiger partial charge < -0.3 is 9.64 Å². The molecule has 0 amide bonds. The minimum Gasteiger partial charge on any atom is -0.491 e. The molecule has 1 fully saturated rings. The summed E-state index contributed by atoms with van der Waals surface area (Å²) in [5, 5.41) is 9.59. The van der Waals surface area contributed by atoms with E-state index in [1.807, 2.05) is 0 Å². The van der Waals surface area contributed by atoms with Crippen molar-refractivity contribution in [3.63, 3.8) is 0 Å². The summed E-state index contributed by atoms with van der Waals surface area (Å²) in [6.07, 6.45) is 0. The molecule has 2 rings (SSSR count). The Balaban J connectivity index is 1.83. The first kappa shape index (κ1) is 14.1. The van der Waals surface area contributed by atoms with Gasteiger partial charge in [0, 0.05) is 43.8 Å². The highest BCUT2D eigenvalue weighted by Crippen LogP contribution is 2.22. The average molecular weight is 280 g/mol. The fourth-order valence-corrected chi connectivity index (χ4v) is 2.23. The summed E-state index contributed by atoms with van der Waals surface area (Å²) >= 11 is 5.91. The van der Waals surface area contributed by atoms with E-state index in [0.29, 0.717) is 22.9 Å². The van der Waals surface area contributed by atoms with Crippen LogP contribution in [0.3, 0.4) is 0 Å². The molecule has 0 aromatic heterocycles. The van der Waals surface area contributed by atoms with Crippen LogP contribution in [-0.4, -0.2) is 56.2 Å². The van der Waals surface area contributed by atoms with Crippen molar-refractivity contribution in [2.75, 3.05) is 46.4 Å². The maximum absolute atomic E-state index is 9.00. The molecule has 1 saturated heterocycles. The Morgan fingerprint density at radius 3 is 2.74 bits per heavy atom. The van der Waals surface area contributed by atoms with E-state index in [2.05, 4.69) is 22.9 Å². The normalized spacial score (nSPS) is 17.1. The molecule has 0 radical (unpaired) electrons. The minimum absolute atomic E-state index is 0.530. The molecule has 0 atom stereocenters. The SMILES string of the molecule is CN1CCN(CCOc2cc(Cl)ccc2C#N)CC1. The smallest absolute Gasteiger partial charge is 0.138 e. The van der Waals surface area contributed by atoms with Gasteiger partial charge in [0.05, 0.1) is 5.56 Å². The molecule has 4 nitrogen and oxygen atoms in total. The van der Waals surface area contributed by atoms with Gasteiger partial charge in [-0.2, -0.15) is 5.26 Å². The minimum atomic E-state index is 0.530. The van der Waals surface area contributed by atoms with Gasteiger partial charge in [0.15, 0.2) is 0 Å². The van der Waals surface area contributed by atoms with Gasteiger partial charge in [0.25, 0.3) is 0 Å². The molecule has 1 aromatic carbocycles. The predicted octanol–water partition coefficient (Wildman–Crippen LogP) is 1.84. The first-order valence-electron chi connectivity index (χ1n) is 6.42. The van der Waals surface area contributed by atoms with Crippen LogP contribution in [0.25, 0.3) is 0 Å². The first-order chi connectivity index (χ1) is 9.19. The zero-order valence-corrected chi connectivity index (χ0v) is 11.9. The van der Waals surface area contributed by atoms with Crippen molar-refractivity contribution in [2.24, 2.45) is 0 Å². The monoisotopic (exact) mass is 279 g/mol. The lowest BCUT2D eigenvalue weighted by molar-refractivity contribution is 0.133. The van der Waals surface area contributed by atoms with Gasteiger partial charge in [-0.3, -0.25) is 4.90 Å². The number of piperazine rings is 1. The van der Waals surface area contributed by atoms with Gasteiger partial charge in [0.1, 0.15) is 18.4 Å². The Morgan fingerprint density at radius 1 is 1.32 bits per heavy atom. The van der Waals surface area contributed by atoms with Crippen LogP contribution in [0.15, 0.2) is 18.2 Å². The zero-order chi connectivity index (χ0) is 13.7. The molecule has 1 aliphatic heterocycles. The Morgan fingerprint density at radius 2 is 2.05 bits per heavy atom. The van der Waals surface area contributed by atoms with Crippen LogP contribution in [0.2, 0.25) is 5.02 Å². The fourth-order valence-electron chi connectivity index (χ4n) is 2.06. The summed E-state index contributed by atoms with van der Waals surface area (Å²) in [5.74, 6) is 0.573. The van der Waals surface area contributed by atoms with Crippen LogP contribution in [-0.2, 0) is 0 Å². The number of nitrogens with zero attached hydrogens (tertiary/aromatic N) is 3. The topological polar surface area (TPSA) is 39.5 Å². The van der Waals surface area contributed by atoms with Crippen LogP contribution in [0, 0.1) is 11.3 Å². The van der Waals surface area contributed by atoms with E-state index >= 15 is 0 Å². The Labute approximate surface area is 119 Å². The van der Waals surface area contributed by atoms with E-state index in [0.717, 1.165) is 32.7 Å². The highest BCUT2D eigenvalue weighted by atomic mass is 35.5. The van der Waals surface area contributed by atoms with E-state index in [1.165, 1.54) is 0 Å². The van der Waals surface area contributed by atoms with Crippen LogP contribution in [0.5, 0.6) is 5.75 Å². The van der Waals surface area contributed by atoms with Gasteiger partial charge in [-0.25, -0.2) is 0 Å². The molecule has 0 aliphatic carbocycles.